The lowest BCUT2D eigenvalue weighted by atomic mass is 10.00. The molecular formula is C21H27N3O2. The Hall–Kier alpha value is -2.53. The zero-order valence-electron chi connectivity index (χ0n) is 15.3. The van der Waals surface area contributed by atoms with Crippen LogP contribution in [0.5, 0.6) is 5.75 Å². The quantitative estimate of drug-likeness (QED) is 0.804. The molecule has 2 amide bonds. The fourth-order valence-electron chi connectivity index (χ4n) is 3.25. The molecular weight excluding hydrogens is 326 g/mol. The molecule has 0 radical (unpaired) electrons. The minimum atomic E-state index is -0.101. The van der Waals surface area contributed by atoms with E-state index in [2.05, 4.69) is 39.8 Å². The highest BCUT2D eigenvalue weighted by Crippen LogP contribution is 2.17. The topological polar surface area (TPSA) is 53.6 Å². The van der Waals surface area contributed by atoms with Gasteiger partial charge in [-0.15, -0.1) is 0 Å². The van der Waals surface area contributed by atoms with E-state index in [1.165, 1.54) is 16.7 Å². The van der Waals surface area contributed by atoms with E-state index in [-0.39, 0.29) is 6.03 Å². The van der Waals surface area contributed by atoms with Gasteiger partial charge in [0.15, 0.2) is 0 Å². The van der Waals surface area contributed by atoms with Crippen molar-refractivity contribution in [2.24, 2.45) is 0 Å². The lowest BCUT2D eigenvalue weighted by Crippen LogP contribution is -2.42. The maximum atomic E-state index is 11.9. The van der Waals surface area contributed by atoms with Crippen molar-refractivity contribution in [2.75, 3.05) is 33.3 Å². The Kier molecular flexibility index (Phi) is 6.50. The maximum absolute atomic E-state index is 11.9. The summed E-state index contributed by atoms with van der Waals surface area (Å²) in [5, 5.41) is 5.86. The molecule has 138 valence electrons. The van der Waals surface area contributed by atoms with Gasteiger partial charge in [-0.1, -0.05) is 36.4 Å². The van der Waals surface area contributed by atoms with Gasteiger partial charge in [0.2, 0.25) is 0 Å². The fraction of sp³-hybridized carbons (Fsp3) is 0.381. The van der Waals surface area contributed by atoms with Crippen LogP contribution in [0.2, 0.25) is 0 Å². The minimum Gasteiger partial charge on any atom is -0.497 e. The van der Waals surface area contributed by atoms with Gasteiger partial charge in [0.1, 0.15) is 5.75 Å². The van der Waals surface area contributed by atoms with Crippen LogP contribution in [0, 0.1) is 0 Å². The van der Waals surface area contributed by atoms with E-state index in [0.717, 1.165) is 38.2 Å². The van der Waals surface area contributed by atoms with E-state index in [4.69, 9.17) is 4.74 Å². The highest BCUT2D eigenvalue weighted by molar-refractivity contribution is 5.73. The van der Waals surface area contributed by atoms with Crippen molar-refractivity contribution < 1.29 is 9.53 Å². The van der Waals surface area contributed by atoms with Crippen LogP contribution in [-0.4, -0.2) is 44.2 Å². The average Bonchev–Trinajstić information content (AvgIpc) is 2.68. The molecule has 5 nitrogen and oxygen atoms in total. The molecule has 2 aromatic carbocycles. The third-order valence-corrected chi connectivity index (χ3v) is 4.78. The van der Waals surface area contributed by atoms with Crippen molar-refractivity contribution in [3.63, 3.8) is 0 Å². The van der Waals surface area contributed by atoms with Gasteiger partial charge in [0.25, 0.3) is 0 Å². The number of nitrogens with zero attached hydrogens (tertiary/aromatic N) is 1. The van der Waals surface area contributed by atoms with Crippen molar-refractivity contribution in [1.82, 2.24) is 15.5 Å². The van der Waals surface area contributed by atoms with Crippen LogP contribution < -0.4 is 15.4 Å². The average molecular weight is 353 g/mol. The lowest BCUT2D eigenvalue weighted by molar-refractivity contribution is 0.231. The van der Waals surface area contributed by atoms with E-state index in [1.54, 1.807) is 7.11 Å². The Labute approximate surface area is 155 Å². The predicted molar refractivity (Wildman–Crippen MR) is 104 cm³/mol. The van der Waals surface area contributed by atoms with Gasteiger partial charge in [-0.3, -0.25) is 4.90 Å². The minimum absolute atomic E-state index is 0.101. The Bertz CT molecular complexity index is 715. The number of benzene rings is 2. The number of nitrogens with one attached hydrogen (secondary N) is 2. The van der Waals surface area contributed by atoms with E-state index >= 15 is 0 Å². The molecule has 0 fully saturated rings. The summed E-state index contributed by atoms with van der Waals surface area (Å²) in [6.07, 6.45) is 1.89. The van der Waals surface area contributed by atoms with Crippen LogP contribution in [0.1, 0.15) is 16.7 Å². The second-order valence-electron chi connectivity index (χ2n) is 6.58. The molecule has 0 atom stereocenters. The second kappa shape index (κ2) is 9.25. The first-order valence-corrected chi connectivity index (χ1v) is 9.18. The first-order valence-electron chi connectivity index (χ1n) is 9.18. The summed E-state index contributed by atoms with van der Waals surface area (Å²) in [5.41, 5.74) is 4.04. The summed E-state index contributed by atoms with van der Waals surface area (Å²) in [7, 11) is 1.66. The number of carbonyl (C=O) groups is 1. The monoisotopic (exact) mass is 353 g/mol. The standard InChI is InChI=1S/C21H27N3O2/c1-26-20-8-6-17(7-9-20)10-12-22-21(25)23-13-15-24-14-11-18-4-2-3-5-19(18)16-24/h2-9H,10-16H2,1H3,(H2,22,23,25). The van der Waals surface area contributed by atoms with Crippen LogP contribution in [0.15, 0.2) is 48.5 Å². The van der Waals surface area contributed by atoms with Crippen molar-refractivity contribution in [2.45, 2.75) is 19.4 Å². The molecule has 0 saturated carbocycles. The number of hydrogen-bond acceptors (Lipinski definition) is 3. The number of urea groups is 1. The first kappa shape index (κ1) is 18.3. The van der Waals surface area contributed by atoms with Crippen LogP contribution >= 0.6 is 0 Å². The normalized spacial score (nSPS) is 13.7. The molecule has 5 heteroatoms. The summed E-state index contributed by atoms with van der Waals surface area (Å²) in [4.78, 5) is 14.3. The molecule has 0 aromatic heterocycles. The van der Waals surface area contributed by atoms with Gasteiger partial charge in [0, 0.05) is 32.7 Å². The highest BCUT2D eigenvalue weighted by atomic mass is 16.5. The Morgan fingerprint density at radius 1 is 1.04 bits per heavy atom. The lowest BCUT2D eigenvalue weighted by Gasteiger charge is -2.28. The predicted octanol–water partition coefficient (Wildman–Crippen LogP) is 2.60. The Morgan fingerprint density at radius 3 is 2.54 bits per heavy atom. The molecule has 0 aliphatic carbocycles. The number of hydrogen-bond donors (Lipinski definition) is 2. The number of ether oxygens (including phenoxy) is 1. The van der Waals surface area contributed by atoms with Gasteiger partial charge in [-0.25, -0.2) is 4.79 Å². The number of amides is 2. The molecule has 0 unspecified atom stereocenters. The molecule has 0 bridgehead atoms. The summed E-state index contributed by atoms with van der Waals surface area (Å²) in [5.74, 6) is 0.847. The highest BCUT2D eigenvalue weighted by Gasteiger charge is 2.15. The van der Waals surface area contributed by atoms with Gasteiger partial charge < -0.3 is 15.4 Å². The first-order chi connectivity index (χ1) is 12.7. The van der Waals surface area contributed by atoms with E-state index in [0.29, 0.717) is 13.1 Å². The van der Waals surface area contributed by atoms with Gasteiger partial charge in [0.05, 0.1) is 7.11 Å². The zero-order valence-corrected chi connectivity index (χ0v) is 15.3. The molecule has 1 aliphatic heterocycles. The van der Waals surface area contributed by atoms with Gasteiger partial charge in [-0.05, 0) is 41.7 Å². The second-order valence-corrected chi connectivity index (χ2v) is 6.58. The SMILES string of the molecule is COc1ccc(CCNC(=O)NCCN2CCc3ccccc3C2)cc1. The Morgan fingerprint density at radius 2 is 1.77 bits per heavy atom. The van der Waals surface area contributed by atoms with Crippen molar-refractivity contribution >= 4 is 6.03 Å². The molecule has 2 N–H and O–H groups in total. The number of rotatable bonds is 7. The van der Waals surface area contributed by atoms with E-state index in [1.807, 2.05) is 24.3 Å². The zero-order chi connectivity index (χ0) is 18.2. The van der Waals surface area contributed by atoms with E-state index < -0.39 is 0 Å². The smallest absolute Gasteiger partial charge is 0.314 e. The molecule has 2 aromatic rings. The fourth-order valence-corrected chi connectivity index (χ4v) is 3.25. The molecule has 0 spiro atoms. The van der Waals surface area contributed by atoms with Crippen molar-refractivity contribution in [3.05, 3.63) is 65.2 Å². The van der Waals surface area contributed by atoms with Crippen molar-refractivity contribution in [3.8, 4) is 5.75 Å². The number of methoxy groups -OCH3 is 1. The number of fused-ring (bicyclic) bond motifs is 1. The van der Waals surface area contributed by atoms with Gasteiger partial charge >= 0.3 is 6.03 Å². The van der Waals surface area contributed by atoms with Crippen LogP contribution in [-0.2, 0) is 19.4 Å². The van der Waals surface area contributed by atoms with Crippen LogP contribution in [0.3, 0.4) is 0 Å². The summed E-state index contributed by atoms with van der Waals surface area (Å²) >= 11 is 0. The molecule has 0 saturated heterocycles. The molecule has 1 heterocycles. The number of carbonyl (C=O) groups excluding carboxylic acids is 1. The summed E-state index contributed by atoms with van der Waals surface area (Å²) in [6, 6.07) is 16.4. The molecule has 26 heavy (non-hydrogen) atoms. The molecule has 3 rings (SSSR count). The molecule has 1 aliphatic rings. The van der Waals surface area contributed by atoms with Crippen LogP contribution in [0.25, 0.3) is 0 Å². The van der Waals surface area contributed by atoms with Gasteiger partial charge in [-0.2, -0.15) is 0 Å². The Balaban J connectivity index is 1.31. The maximum Gasteiger partial charge on any atom is 0.314 e. The largest absolute Gasteiger partial charge is 0.497 e. The van der Waals surface area contributed by atoms with Crippen molar-refractivity contribution in [1.29, 1.82) is 0 Å². The third-order valence-electron chi connectivity index (χ3n) is 4.78. The summed E-state index contributed by atoms with van der Waals surface area (Å²) in [6.45, 7) is 4.18. The van der Waals surface area contributed by atoms with Crippen LogP contribution in [0.4, 0.5) is 4.79 Å². The third kappa shape index (κ3) is 5.23. The summed E-state index contributed by atoms with van der Waals surface area (Å²) < 4.78 is 5.14. The van der Waals surface area contributed by atoms with E-state index in [9.17, 15) is 4.79 Å².